The Hall–Kier alpha value is -2.12. The van der Waals surface area contributed by atoms with Crippen molar-refractivity contribution in [1.29, 1.82) is 0 Å². The summed E-state index contributed by atoms with van der Waals surface area (Å²) in [4.78, 5) is 23.6. The van der Waals surface area contributed by atoms with Crippen LogP contribution in [-0.2, 0) is 9.53 Å². The molecule has 114 valence electrons. The smallest absolute Gasteiger partial charge is 0.248 e. The second-order valence-electron chi connectivity index (χ2n) is 5.00. The summed E-state index contributed by atoms with van der Waals surface area (Å²) < 4.78 is 10.4. The number of amides is 2. The number of methoxy groups -OCH3 is 1. The third-order valence-electron chi connectivity index (χ3n) is 3.57. The molecule has 21 heavy (non-hydrogen) atoms. The largest absolute Gasteiger partial charge is 0.495 e. The molecule has 7 nitrogen and oxygen atoms in total. The highest BCUT2D eigenvalue weighted by Gasteiger charge is 2.36. The van der Waals surface area contributed by atoms with Gasteiger partial charge in [-0.15, -0.1) is 0 Å². The van der Waals surface area contributed by atoms with E-state index in [9.17, 15) is 9.59 Å². The Morgan fingerprint density at radius 2 is 2.00 bits per heavy atom. The third-order valence-corrected chi connectivity index (χ3v) is 3.57. The maximum atomic E-state index is 12.4. The number of nitrogens with two attached hydrogens (primary N) is 2. The van der Waals surface area contributed by atoms with Gasteiger partial charge >= 0.3 is 0 Å². The molecule has 0 bridgehead atoms. The number of carbonyl (C=O) groups excluding carboxylic acids is 2. The van der Waals surface area contributed by atoms with Crippen LogP contribution in [0.25, 0.3) is 0 Å². The molecule has 7 heteroatoms. The molecule has 0 aromatic heterocycles. The maximum absolute atomic E-state index is 12.4. The van der Waals surface area contributed by atoms with Gasteiger partial charge in [0.15, 0.2) is 0 Å². The van der Waals surface area contributed by atoms with Gasteiger partial charge in [0, 0.05) is 18.8 Å². The molecule has 0 radical (unpaired) electrons. The minimum Gasteiger partial charge on any atom is -0.495 e. The summed E-state index contributed by atoms with van der Waals surface area (Å²) in [5.41, 5.74) is 11.0. The molecule has 0 aliphatic carbocycles. The minimum absolute atomic E-state index is 0.282. The van der Waals surface area contributed by atoms with Crippen molar-refractivity contribution in [3.8, 4) is 5.75 Å². The Kier molecular flexibility index (Phi) is 4.44. The minimum atomic E-state index is -0.980. The van der Waals surface area contributed by atoms with Gasteiger partial charge in [0.1, 0.15) is 11.3 Å². The van der Waals surface area contributed by atoms with E-state index < -0.39 is 11.4 Å². The number of rotatable bonds is 4. The number of anilines is 1. The summed E-state index contributed by atoms with van der Waals surface area (Å²) in [5, 5.41) is 2.71. The first kappa shape index (κ1) is 15.3. The first-order valence-electron chi connectivity index (χ1n) is 6.62. The zero-order chi connectivity index (χ0) is 15.5. The van der Waals surface area contributed by atoms with E-state index >= 15 is 0 Å². The fraction of sp³-hybridized carbons (Fsp3) is 0.429. The second-order valence-corrected chi connectivity index (χ2v) is 5.00. The maximum Gasteiger partial charge on any atom is 0.248 e. The van der Waals surface area contributed by atoms with E-state index in [4.69, 9.17) is 20.9 Å². The van der Waals surface area contributed by atoms with Gasteiger partial charge in [-0.25, -0.2) is 0 Å². The number of ether oxygens (including phenoxy) is 2. The van der Waals surface area contributed by atoms with Crippen molar-refractivity contribution >= 4 is 17.5 Å². The summed E-state index contributed by atoms with van der Waals surface area (Å²) >= 11 is 0. The molecule has 2 rings (SSSR count). The topological polar surface area (TPSA) is 117 Å². The number of hydrogen-bond donors (Lipinski definition) is 3. The van der Waals surface area contributed by atoms with E-state index in [1.807, 2.05) is 0 Å². The highest BCUT2D eigenvalue weighted by Crippen LogP contribution is 2.27. The van der Waals surface area contributed by atoms with Crippen molar-refractivity contribution in [3.05, 3.63) is 23.8 Å². The number of hydrogen-bond acceptors (Lipinski definition) is 5. The summed E-state index contributed by atoms with van der Waals surface area (Å²) in [6, 6.07) is 4.58. The SMILES string of the molecule is COc1ccc(C(N)=O)cc1NC(=O)C1(N)CCOCC1. The zero-order valence-corrected chi connectivity index (χ0v) is 11.8. The lowest BCUT2D eigenvalue weighted by atomic mass is 9.90. The quantitative estimate of drug-likeness (QED) is 0.735. The van der Waals surface area contributed by atoms with Gasteiger partial charge in [-0.2, -0.15) is 0 Å². The molecule has 1 aromatic carbocycles. The molecular formula is C14H19N3O4. The van der Waals surface area contributed by atoms with Crippen LogP contribution in [-0.4, -0.2) is 37.7 Å². The monoisotopic (exact) mass is 293 g/mol. The van der Waals surface area contributed by atoms with Crippen molar-refractivity contribution in [1.82, 2.24) is 0 Å². The fourth-order valence-corrected chi connectivity index (χ4v) is 2.17. The van der Waals surface area contributed by atoms with Gasteiger partial charge in [0.05, 0.1) is 12.8 Å². The van der Waals surface area contributed by atoms with Gasteiger partial charge in [0.2, 0.25) is 11.8 Å². The summed E-state index contributed by atoms with van der Waals surface area (Å²) in [7, 11) is 1.47. The molecule has 5 N–H and O–H groups in total. The average Bonchev–Trinajstić information content (AvgIpc) is 2.47. The van der Waals surface area contributed by atoms with Crippen LogP contribution in [0.1, 0.15) is 23.2 Å². The Morgan fingerprint density at radius 3 is 2.57 bits per heavy atom. The van der Waals surface area contributed by atoms with Crippen LogP contribution in [0.4, 0.5) is 5.69 Å². The average molecular weight is 293 g/mol. The van der Waals surface area contributed by atoms with E-state index in [0.717, 1.165) is 0 Å². The van der Waals surface area contributed by atoms with Crippen molar-refractivity contribution in [2.24, 2.45) is 11.5 Å². The number of benzene rings is 1. The number of carbonyl (C=O) groups is 2. The molecule has 0 saturated carbocycles. The normalized spacial score (nSPS) is 17.0. The van der Waals surface area contributed by atoms with Crippen molar-refractivity contribution < 1.29 is 19.1 Å². The van der Waals surface area contributed by atoms with Crippen molar-refractivity contribution in [3.63, 3.8) is 0 Å². The molecule has 1 aliphatic heterocycles. The number of primary amides is 1. The lowest BCUT2D eigenvalue weighted by Gasteiger charge is -2.32. The van der Waals surface area contributed by atoms with Crippen molar-refractivity contribution in [2.45, 2.75) is 18.4 Å². The standard InChI is InChI=1S/C14H19N3O4/c1-20-11-3-2-9(12(15)18)8-10(11)17-13(19)14(16)4-6-21-7-5-14/h2-3,8H,4-7,16H2,1H3,(H2,15,18)(H,17,19). The third kappa shape index (κ3) is 3.32. The number of nitrogens with one attached hydrogen (secondary N) is 1. The fourth-order valence-electron chi connectivity index (χ4n) is 2.17. The second kappa shape index (κ2) is 6.11. The van der Waals surface area contributed by atoms with Crippen LogP contribution in [0.2, 0.25) is 0 Å². The molecule has 2 amide bonds. The summed E-state index contributed by atoms with van der Waals surface area (Å²) in [6.07, 6.45) is 0.882. The van der Waals surface area contributed by atoms with Gasteiger partial charge in [-0.3, -0.25) is 9.59 Å². The predicted molar refractivity (Wildman–Crippen MR) is 77.1 cm³/mol. The van der Waals surface area contributed by atoms with Crippen molar-refractivity contribution in [2.75, 3.05) is 25.6 Å². The summed E-state index contributed by atoms with van der Waals surface area (Å²) in [5.74, 6) is -0.476. The molecule has 1 aromatic rings. The van der Waals surface area contributed by atoms with Crippen LogP contribution in [0.3, 0.4) is 0 Å². The molecule has 1 aliphatic rings. The van der Waals surface area contributed by atoms with Crippen LogP contribution in [0.5, 0.6) is 5.75 Å². The Bertz CT molecular complexity index is 553. The first-order chi connectivity index (χ1) is 9.96. The highest BCUT2D eigenvalue weighted by molar-refractivity contribution is 6.01. The van der Waals surface area contributed by atoms with Crippen LogP contribution < -0.4 is 21.5 Å². The zero-order valence-electron chi connectivity index (χ0n) is 11.8. The molecular weight excluding hydrogens is 274 g/mol. The molecule has 0 spiro atoms. The van der Waals surface area contributed by atoms with E-state index in [-0.39, 0.29) is 11.5 Å². The van der Waals surface area contributed by atoms with Gasteiger partial charge in [-0.05, 0) is 31.0 Å². The van der Waals surface area contributed by atoms with Crippen LogP contribution in [0.15, 0.2) is 18.2 Å². The van der Waals surface area contributed by atoms with Crippen LogP contribution >= 0.6 is 0 Å². The molecule has 1 fully saturated rings. The molecule has 1 saturated heterocycles. The molecule has 1 heterocycles. The Labute approximate surface area is 122 Å². The van der Waals surface area contributed by atoms with E-state index in [0.29, 0.717) is 37.5 Å². The molecule has 0 unspecified atom stereocenters. The van der Waals surface area contributed by atoms with E-state index in [1.165, 1.54) is 19.2 Å². The first-order valence-corrected chi connectivity index (χ1v) is 6.62. The van der Waals surface area contributed by atoms with Crippen LogP contribution in [0, 0.1) is 0 Å². The van der Waals surface area contributed by atoms with E-state index in [2.05, 4.69) is 5.32 Å². The van der Waals surface area contributed by atoms with E-state index in [1.54, 1.807) is 6.07 Å². The van der Waals surface area contributed by atoms with Gasteiger partial charge < -0.3 is 26.3 Å². The predicted octanol–water partition coefficient (Wildman–Crippen LogP) is 0.241. The summed E-state index contributed by atoms with van der Waals surface area (Å²) in [6.45, 7) is 0.894. The lowest BCUT2D eigenvalue weighted by Crippen LogP contribution is -2.54. The Morgan fingerprint density at radius 1 is 1.33 bits per heavy atom. The van der Waals surface area contributed by atoms with Gasteiger partial charge in [0.25, 0.3) is 0 Å². The molecule has 0 atom stereocenters. The highest BCUT2D eigenvalue weighted by atomic mass is 16.5. The Balaban J connectivity index is 2.23. The van der Waals surface area contributed by atoms with Gasteiger partial charge in [-0.1, -0.05) is 0 Å². The lowest BCUT2D eigenvalue weighted by molar-refractivity contribution is -0.124.